The van der Waals surface area contributed by atoms with Crippen molar-refractivity contribution < 1.29 is 8.42 Å². The molecule has 8 heteroatoms. The third kappa shape index (κ3) is 3.97. The van der Waals surface area contributed by atoms with Gasteiger partial charge in [-0.05, 0) is 56.5 Å². The summed E-state index contributed by atoms with van der Waals surface area (Å²) in [6, 6.07) is 13.3. The number of benzene rings is 1. The molecule has 0 unspecified atom stereocenters. The molecule has 1 aliphatic heterocycles. The summed E-state index contributed by atoms with van der Waals surface area (Å²) >= 11 is 0. The molecule has 7 nitrogen and oxygen atoms in total. The van der Waals surface area contributed by atoms with Crippen molar-refractivity contribution >= 4 is 27.4 Å². The first kappa shape index (κ1) is 20.8. The number of sulfone groups is 1. The Morgan fingerprint density at radius 3 is 2.48 bits per heavy atom. The zero-order chi connectivity index (χ0) is 22.0. The van der Waals surface area contributed by atoms with Crippen LogP contribution in [0.25, 0.3) is 11.7 Å². The lowest BCUT2D eigenvalue weighted by molar-refractivity contribution is 0.573. The van der Waals surface area contributed by atoms with Crippen LogP contribution in [0.5, 0.6) is 0 Å². The fourth-order valence-electron chi connectivity index (χ4n) is 3.71. The van der Waals surface area contributed by atoms with Gasteiger partial charge in [0.25, 0.3) is 5.56 Å². The van der Waals surface area contributed by atoms with Gasteiger partial charge < -0.3 is 4.90 Å². The molecule has 0 aliphatic carbocycles. The number of aromatic nitrogens is 2. The third-order valence-electron chi connectivity index (χ3n) is 5.41. The second kappa shape index (κ2) is 8.36. The van der Waals surface area contributed by atoms with Crippen molar-refractivity contribution in [2.75, 3.05) is 18.0 Å². The van der Waals surface area contributed by atoms with Crippen LogP contribution in [0.1, 0.15) is 30.4 Å². The molecule has 2 aromatic heterocycles. The first-order valence-corrected chi connectivity index (χ1v) is 11.6. The molecule has 0 amide bonds. The lowest BCUT2D eigenvalue weighted by Gasteiger charge is -2.29. The molecule has 1 fully saturated rings. The molecule has 0 radical (unpaired) electrons. The average Bonchev–Trinajstić information content (AvgIpc) is 2.79. The molecule has 0 atom stereocenters. The van der Waals surface area contributed by atoms with Gasteiger partial charge in [-0.1, -0.05) is 23.8 Å². The van der Waals surface area contributed by atoms with E-state index in [-0.39, 0.29) is 10.5 Å². The van der Waals surface area contributed by atoms with Crippen LogP contribution in [0.3, 0.4) is 0 Å². The van der Waals surface area contributed by atoms with Gasteiger partial charge in [-0.15, -0.1) is 0 Å². The van der Waals surface area contributed by atoms with E-state index in [1.165, 1.54) is 22.6 Å². The molecular formula is C23H22N4O3S. The number of allylic oxidation sites excluding steroid dienone is 1. The Bertz CT molecular complexity index is 1360. The maximum Gasteiger partial charge on any atom is 0.267 e. The molecule has 3 heterocycles. The highest BCUT2D eigenvalue weighted by Crippen LogP contribution is 2.26. The van der Waals surface area contributed by atoms with Gasteiger partial charge >= 0.3 is 0 Å². The zero-order valence-corrected chi connectivity index (χ0v) is 18.0. The fourth-order valence-corrected chi connectivity index (χ4v) is 4.85. The topological polar surface area (TPSA) is 95.5 Å². The normalized spacial score (nSPS) is 15.1. The van der Waals surface area contributed by atoms with E-state index < -0.39 is 20.3 Å². The minimum atomic E-state index is -4.08. The summed E-state index contributed by atoms with van der Waals surface area (Å²) in [5, 5.41) is 9.70. The molecule has 0 spiro atoms. The van der Waals surface area contributed by atoms with E-state index in [1.54, 1.807) is 42.6 Å². The monoisotopic (exact) mass is 434 g/mol. The fraction of sp³-hybridized carbons (Fsp3) is 0.261. The predicted octanol–water partition coefficient (Wildman–Crippen LogP) is 3.33. The lowest BCUT2D eigenvalue weighted by Crippen LogP contribution is -2.33. The van der Waals surface area contributed by atoms with E-state index in [1.807, 2.05) is 11.8 Å². The minimum absolute atomic E-state index is 0.0132. The smallest absolute Gasteiger partial charge is 0.267 e. The first-order valence-electron chi connectivity index (χ1n) is 10.1. The number of nitriles is 1. The van der Waals surface area contributed by atoms with Crippen LogP contribution >= 0.6 is 0 Å². The number of aryl methyl sites for hydroxylation is 1. The summed E-state index contributed by atoms with van der Waals surface area (Å²) in [6.45, 7) is 3.30. The predicted molar refractivity (Wildman–Crippen MR) is 119 cm³/mol. The molecule has 0 N–H and O–H groups in total. The summed E-state index contributed by atoms with van der Waals surface area (Å²) in [5.74, 6) is 0.419. The van der Waals surface area contributed by atoms with E-state index in [0.29, 0.717) is 11.5 Å². The maximum absolute atomic E-state index is 13.3. The Morgan fingerprint density at radius 2 is 1.81 bits per heavy atom. The highest BCUT2D eigenvalue weighted by Gasteiger charge is 2.25. The van der Waals surface area contributed by atoms with Crippen molar-refractivity contribution in [1.29, 1.82) is 5.26 Å². The Balaban J connectivity index is 1.94. The van der Waals surface area contributed by atoms with Gasteiger partial charge in [-0.3, -0.25) is 9.20 Å². The summed E-state index contributed by atoms with van der Waals surface area (Å²) < 4.78 is 27.6. The van der Waals surface area contributed by atoms with Crippen molar-refractivity contribution in [2.45, 2.75) is 31.1 Å². The molecule has 1 saturated heterocycles. The number of hydrogen-bond acceptors (Lipinski definition) is 6. The van der Waals surface area contributed by atoms with Crippen molar-refractivity contribution in [3.8, 4) is 6.07 Å². The Labute approximate surface area is 180 Å². The van der Waals surface area contributed by atoms with Gasteiger partial charge in [0.2, 0.25) is 9.84 Å². The number of hydrogen-bond donors (Lipinski definition) is 0. The van der Waals surface area contributed by atoms with Crippen LogP contribution in [0.4, 0.5) is 5.82 Å². The quantitative estimate of drug-likeness (QED) is 0.585. The van der Waals surface area contributed by atoms with E-state index in [2.05, 4.69) is 4.98 Å². The number of pyridine rings is 1. The van der Waals surface area contributed by atoms with Gasteiger partial charge in [0.15, 0.2) is 0 Å². The highest BCUT2D eigenvalue weighted by atomic mass is 32.2. The SMILES string of the molecule is Cc1ccc(S(=O)(=O)/C(C#N)=C/c2c(N3CCCCC3)nc3ccccn3c2=O)cc1. The molecule has 3 aromatic rings. The summed E-state index contributed by atoms with van der Waals surface area (Å²) in [7, 11) is -4.08. The maximum atomic E-state index is 13.3. The minimum Gasteiger partial charge on any atom is -0.356 e. The Morgan fingerprint density at radius 1 is 1.10 bits per heavy atom. The summed E-state index contributed by atoms with van der Waals surface area (Å²) in [4.78, 5) is 19.5. The molecule has 1 aliphatic rings. The Kier molecular flexibility index (Phi) is 5.61. The van der Waals surface area contributed by atoms with E-state index in [9.17, 15) is 18.5 Å². The largest absolute Gasteiger partial charge is 0.356 e. The van der Waals surface area contributed by atoms with Crippen molar-refractivity contribution in [3.05, 3.63) is 75.0 Å². The lowest BCUT2D eigenvalue weighted by atomic mass is 10.1. The molecule has 4 rings (SSSR count). The van der Waals surface area contributed by atoms with Crippen molar-refractivity contribution in [2.24, 2.45) is 0 Å². The summed E-state index contributed by atoms with van der Waals surface area (Å²) in [5.41, 5.74) is 1.09. The second-order valence-electron chi connectivity index (χ2n) is 7.57. The number of piperidine rings is 1. The van der Waals surface area contributed by atoms with E-state index in [0.717, 1.165) is 37.9 Å². The second-order valence-corrected chi connectivity index (χ2v) is 9.49. The average molecular weight is 435 g/mol. The molecule has 31 heavy (non-hydrogen) atoms. The van der Waals surface area contributed by atoms with Crippen LogP contribution in [-0.4, -0.2) is 30.9 Å². The molecular weight excluding hydrogens is 412 g/mol. The molecule has 158 valence electrons. The van der Waals surface area contributed by atoms with Crippen molar-refractivity contribution in [3.63, 3.8) is 0 Å². The van der Waals surface area contributed by atoms with Gasteiger partial charge in [-0.2, -0.15) is 5.26 Å². The van der Waals surface area contributed by atoms with Crippen molar-refractivity contribution in [1.82, 2.24) is 9.38 Å². The van der Waals surface area contributed by atoms with Crippen LogP contribution < -0.4 is 10.5 Å². The first-order chi connectivity index (χ1) is 14.9. The van der Waals surface area contributed by atoms with E-state index in [4.69, 9.17) is 0 Å². The number of anilines is 1. The third-order valence-corrected chi connectivity index (χ3v) is 7.09. The van der Waals surface area contributed by atoms with Gasteiger partial charge in [0.1, 0.15) is 22.4 Å². The van der Waals surface area contributed by atoms with Crippen LogP contribution in [0.15, 0.2) is 63.3 Å². The number of fused-ring (bicyclic) bond motifs is 1. The molecule has 1 aromatic carbocycles. The van der Waals surface area contributed by atoms with Gasteiger partial charge in [0.05, 0.1) is 10.5 Å². The van der Waals surface area contributed by atoms with Gasteiger partial charge in [-0.25, -0.2) is 13.4 Å². The zero-order valence-electron chi connectivity index (χ0n) is 17.2. The van der Waals surface area contributed by atoms with Crippen LogP contribution in [0, 0.1) is 18.3 Å². The number of nitrogens with zero attached hydrogens (tertiary/aromatic N) is 4. The highest BCUT2D eigenvalue weighted by molar-refractivity contribution is 7.95. The van der Waals surface area contributed by atoms with Crippen LogP contribution in [-0.2, 0) is 9.84 Å². The standard InChI is InChI=1S/C23H22N4O3S/c1-17-8-10-18(11-9-17)31(29,30)19(16-24)15-20-22(26-12-4-2-5-13-26)25-21-7-3-6-14-27(21)23(20)28/h3,6-11,14-15H,2,4-5,12-13H2,1H3/b19-15+. The Hall–Kier alpha value is -3.44. The van der Waals surface area contributed by atoms with Gasteiger partial charge in [0, 0.05) is 19.3 Å². The van der Waals surface area contributed by atoms with Crippen LogP contribution in [0.2, 0.25) is 0 Å². The molecule has 0 bridgehead atoms. The molecule has 0 saturated carbocycles. The number of rotatable bonds is 4. The van der Waals surface area contributed by atoms with E-state index >= 15 is 0 Å². The summed E-state index contributed by atoms with van der Waals surface area (Å²) in [6.07, 6.45) is 5.79.